The summed E-state index contributed by atoms with van der Waals surface area (Å²) < 4.78 is 1.78. The maximum absolute atomic E-state index is 12.5. The summed E-state index contributed by atoms with van der Waals surface area (Å²) in [5.74, 6) is -0.133. The van der Waals surface area contributed by atoms with Crippen molar-refractivity contribution < 1.29 is 9.90 Å². The van der Waals surface area contributed by atoms with E-state index in [0.717, 1.165) is 16.3 Å². The zero-order valence-corrected chi connectivity index (χ0v) is 16.2. The molecule has 0 aliphatic rings. The van der Waals surface area contributed by atoms with Crippen LogP contribution < -0.4 is 5.32 Å². The quantitative estimate of drug-likeness (QED) is 0.436. The Kier molecular flexibility index (Phi) is 4.99. The Morgan fingerprint density at radius 2 is 1.79 bits per heavy atom. The molecule has 0 atom stereocenters. The predicted octanol–water partition coefficient (Wildman–Crippen LogP) is 5.95. The average molecular weight is 411 g/mol. The Morgan fingerprint density at radius 1 is 1.00 bits per heavy atom. The minimum Gasteiger partial charge on any atom is -0.494 e. The molecule has 0 saturated heterocycles. The van der Waals surface area contributed by atoms with Gasteiger partial charge in [0.25, 0.3) is 5.91 Å². The van der Waals surface area contributed by atoms with E-state index in [9.17, 15) is 9.90 Å². The van der Waals surface area contributed by atoms with Crippen LogP contribution in [-0.4, -0.2) is 15.6 Å². The molecule has 0 radical (unpaired) electrons. The van der Waals surface area contributed by atoms with Crippen LogP contribution in [0.1, 0.15) is 15.9 Å². The van der Waals surface area contributed by atoms with E-state index >= 15 is 0 Å². The molecule has 1 heterocycles. The van der Waals surface area contributed by atoms with Crippen LogP contribution >= 0.6 is 23.2 Å². The van der Waals surface area contributed by atoms with Crippen molar-refractivity contribution in [3.8, 4) is 5.88 Å². The molecule has 0 unspecified atom stereocenters. The average Bonchev–Trinajstić information content (AvgIpc) is 2.97. The topological polar surface area (TPSA) is 54.3 Å². The lowest BCUT2D eigenvalue weighted by atomic mass is 10.1. The molecule has 1 amide bonds. The molecule has 0 saturated carbocycles. The van der Waals surface area contributed by atoms with Gasteiger partial charge in [0, 0.05) is 27.7 Å². The van der Waals surface area contributed by atoms with Crippen LogP contribution in [0.4, 0.5) is 5.69 Å². The summed E-state index contributed by atoms with van der Waals surface area (Å²) in [7, 11) is 0. The lowest BCUT2D eigenvalue weighted by molar-refractivity contribution is 0.102. The Hall–Kier alpha value is -2.95. The van der Waals surface area contributed by atoms with Gasteiger partial charge in [-0.2, -0.15) is 0 Å². The first-order valence-electron chi connectivity index (χ1n) is 8.63. The third-order valence-corrected chi connectivity index (χ3v) is 5.04. The van der Waals surface area contributed by atoms with Gasteiger partial charge in [0.2, 0.25) is 0 Å². The van der Waals surface area contributed by atoms with Crippen molar-refractivity contribution in [2.24, 2.45) is 0 Å². The third-order valence-electron chi connectivity index (χ3n) is 4.49. The number of nitrogens with zero attached hydrogens (tertiary/aromatic N) is 1. The SMILES string of the molecule is O=C(Nc1ccc2c(O)n(Cc3ccccc3)cc2c1)c1ccc(Cl)cc1Cl. The predicted molar refractivity (Wildman–Crippen MR) is 114 cm³/mol. The summed E-state index contributed by atoms with van der Waals surface area (Å²) in [5, 5.41) is 15.6. The summed E-state index contributed by atoms with van der Waals surface area (Å²) in [4.78, 5) is 12.5. The van der Waals surface area contributed by atoms with Gasteiger partial charge in [-0.1, -0.05) is 53.5 Å². The zero-order chi connectivity index (χ0) is 19.7. The number of benzene rings is 3. The molecular weight excluding hydrogens is 395 g/mol. The molecular formula is C22H16Cl2N2O2. The highest BCUT2D eigenvalue weighted by molar-refractivity contribution is 6.37. The molecule has 0 aliphatic carbocycles. The molecule has 0 aliphatic heterocycles. The number of fused-ring (bicyclic) bond motifs is 1. The summed E-state index contributed by atoms with van der Waals surface area (Å²) in [5.41, 5.74) is 2.04. The fraction of sp³-hybridized carbons (Fsp3) is 0.0455. The van der Waals surface area contributed by atoms with Crippen molar-refractivity contribution >= 4 is 45.6 Å². The number of carbonyl (C=O) groups excluding carboxylic acids is 1. The van der Waals surface area contributed by atoms with E-state index in [4.69, 9.17) is 23.2 Å². The Labute approximate surface area is 171 Å². The molecule has 4 nitrogen and oxygen atoms in total. The molecule has 4 aromatic rings. The standard InChI is InChI=1S/C22H16Cl2N2O2/c23-16-6-8-19(20(24)11-16)21(27)25-17-7-9-18-15(10-17)13-26(22(18)28)12-14-4-2-1-3-5-14/h1-11,13,28H,12H2,(H,25,27). The van der Waals surface area contributed by atoms with Gasteiger partial charge in [-0.05, 0) is 42.0 Å². The number of carbonyl (C=O) groups is 1. The highest BCUT2D eigenvalue weighted by Gasteiger charge is 2.13. The highest BCUT2D eigenvalue weighted by Crippen LogP contribution is 2.30. The molecule has 0 fully saturated rings. The van der Waals surface area contributed by atoms with Crippen molar-refractivity contribution in [2.75, 3.05) is 5.32 Å². The van der Waals surface area contributed by atoms with Gasteiger partial charge in [0.1, 0.15) is 0 Å². The van der Waals surface area contributed by atoms with Crippen LogP contribution in [0.2, 0.25) is 10.0 Å². The Bertz CT molecular complexity index is 1170. The van der Waals surface area contributed by atoms with Crippen LogP contribution in [0, 0.1) is 0 Å². The van der Waals surface area contributed by atoms with Crippen molar-refractivity contribution in [1.29, 1.82) is 0 Å². The van der Waals surface area contributed by atoms with Crippen LogP contribution in [-0.2, 0) is 6.54 Å². The van der Waals surface area contributed by atoms with E-state index in [-0.39, 0.29) is 16.8 Å². The number of anilines is 1. The van der Waals surface area contributed by atoms with E-state index < -0.39 is 0 Å². The molecule has 2 N–H and O–H groups in total. The van der Waals surface area contributed by atoms with E-state index in [1.54, 1.807) is 28.8 Å². The summed E-state index contributed by atoms with van der Waals surface area (Å²) in [6.07, 6.45) is 1.86. The van der Waals surface area contributed by atoms with Crippen LogP contribution in [0.3, 0.4) is 0 Å². The lowest BCUT2D eigenvalue weighted by Crippen LogP contribution is -2.12. The lowest BCUT2D eigenvalue weighted by Gasteiger charge is -2.07. The maximum atomic E-state index is 12.5. The van der Waals surface area contributed by atoms with E-state index in [1.807, 2.05) is 42.6 Å². The summed E-state index contributed by atoms with van der Waals surface area (Å²) in [6.45, 7) is 0.559. The Morgan fingerprint density at radius 3 is 2.54 bits per heavy atom. The van der Waals surface area contributed by atoms with Gasteiger partial charge in [-0.25, -0.2) is 0 Å². The second kappa shape index (κ2) is 7.58. The van der Waals surface area contributed by atoms with E-state index in [1.165, 1.54) is 6.07 Å². The van der Waals surface area contributed by atoms with Crippen molar-refractivity contribution in [1.82, 2.24) is 4.57 Å². The van der Waals surface area contributed by atoms with Crippen molar-refractivity contribution in [3.05, 3.63) is 94.1 Å². The Balaban J connectivity index is 1.60. The number of hydrogen-bond acceptors (Lipinski definition) is 2. The van der Waals surface area contributed by atoms with Crippen LogP contribution in [0.5, 0.6) is 5.88 Å². The molecule has 6 heteroatoms. The summed E-state index contributed by atoms with van der Waals surface area (Å²) in [6, 6.07) is 20.0. The first-order chi connectivity index (χ1) is 13.5. The number of aromatic nitrogens is 1. The minimum atomic E-state index is -0.325. The van der Waals surface area contributed by atoms with Gasteiger partial charge in [-0.15, -0.1) is 0 Å². The number of halogens is 2. The fourth-order valence-electron chi connectivity index (χ4n) is 3.11. The molecule has 0 spiro atoms. The molecule has 140 valence electrons. The van der Waals surface area contributed by atoms with E-state index in [0.29, 0.717) is 22.8 Å². The first-order valence-corrected chi connectivity index (χ1v) is 9.39. The second-order valence-corrected chi connectivity index (χ2v) is 7.29. The van der Waals surface area contributed by atoms with Crippen molar-refractivity contribution in [3.63, 3.8) is 0 Å². The number of hydrogen-bond donors (Lipinski definition) is 2. The van der Waals surface area contributed by atoms with Crippen LogP contribution in [0.25, 0.3) is 10.8 Å². The number of rotatable bonds is 4. The monoisotopic (exact) mass is 410 g/mol. The van der Waals surface area contributed by atoms with Crippen molar-refractivity contribution in [2.45, 2.75) is 6.54 Å². The zero-order valence-electron chi connectivity index (χ0n) is 14.7. The normalized spacial score (nSPS) is 10.9. The fourth-order valence-corrected chi connectivity index (χ4v) is 3.60. The van der Waals surface area contributed by atoms with Gasteiger partial charge < -0.3 is 15.0 Å². The first kappa shape index (κ1) is 18.4. The smallest absolute Gasteiger partial charge is 0.257 e. The largest absolute Gasteiger partial charge is 0.494 e. The van der Waals surface area contributed by atoms with Gasteiger partial charge in [-0.3, -0.25) is 4.79 Å². The minimum absolute atomic E-state index is 0.192. The van der Waals surface area contributed by atoms with Gasteiger partial charge in [0.05, 0.1) is 17.1 Å². The molecule has 4 rings (SSSR count). The second-order valence-electron chi connectivity index (χ2n) is 6.45. The third kappa shape index (κ3) is 3.70. The molecule has 28 heavy (non-hydrogen) atoms. The van der Waals surface area contributed by atoms with Gasteiger partial charge >= 0.3 is 0 Å². The maximum Gasteiger partial charge on any atom is 0.257 e. The molecule has 0 bridgehead atoms. The van der Waals surface area contributed by atoms with Gasteiger partial charge in [0.15, 0.2) is 5.88 Å². The highest BCUT2D eigenvalue weighted by atomic mass is 35.5. The molecule has 1 aromatic heterocycles. The molecule has 3 aromatic carbocycles. The number of nitrogens with one attached hydrogen (secondary N) is 1. The number of aromatic hydroxyl groups is 1. The van der Waals surface area contributed by atoms with E-state index in [2.05, 4.69) is 5.32 Å². The number of amides is 1. The van der Waals surface area contributed by atoms with Crippen LogP contribution in [0.15, 0.2) is 72.9 Å². The summed E-state index contributed by atoms with van der Waals surface area (Å²) >= 11 is 12.0.